The lowest BCUT2D eigenvalue weighted by Gasteiger charge is -2.50. The van der Waals surface area contributed by atoms with E-state index in [4.69, 9.17) is 9.47 Å². The first-order valence-corrected chi connectivity index (χ1v) is 18.5. The van der Waals surface area contributed by atoms with Crippen LogP contribution in [0.25, 0.3) is 0 Å². The molecule has 1 saturated heterocycles. The zero-order chi connectivity index (χ0) is 31.7. The topological polar surface area (TPSA) is 63.5 Å². The van der Waals surface area contributed by atoms with E-state index in [0.29, 0.717) is 18.7 Å². The third-order valence-corrected chi connectivity index (χ3v) is 12.4. The Bertz CT molecular complexity index is 1750. The SMILES string of the molecule is Cc1ccc(/N=N/c2ccc3c(c2)CN2c4ccc(OC(=O)CCCCC5CCSS5)cc4C(C)(C)C2(c2ccccc2)O3)cc1. The molecule has 1 fully saturated rings. The van der Waals surface area contributed by atoms with Gasteiger partial charge in [0.2, 0.25) is 5.72 Å². The minimum atomic E-state index is -0.798. The van der Waals surface area contributed by atoms with Gasteiger partial charge >= 0.3 is 5.97 Å². The molecule has 0 spiro atoms. The van der Waals surface area contributed by atoms with E-state index >= 15 is 0 Å². The summed E-state index contributed by atoms with van der Waals surface area (Å²) in [5.41, 5.74) is 5.77. The van der Waals surface area contributed by atoms with Crippen molar-refractivity contribution in [3.63, 3.8) is 0 Å². The van der Waals surface area contributed by atoms with Crippen molar-refractivity contribution in [1.29, 1.82) is 0 Å². The molecule has 0 bridgehead atoms. The van der Waals surface area contributed by atoms with E-state index in [-0.39, 0.29) is 5.97 Å². The van der Waals surface area contributed by atoms with Crippen LogP contribution in [0.1, 0.15) is 68.2 Å². The summed E-state index contributed by atoms with van der Waals surface area (Å²) in [6.45, 7) is 7.13. The number of rotatable bonds is 9. The lowest BCUT2D eigenvalue weighted by Crippen LogP contribution is -2.58. The Labute approximate surface area is 279 Å². The van der Waals surface area contributed by atoms with Crippen LogP contribution in [0.5, 0.6) is 11.5 Å². The smallest absolute Gasteiger partial charge is 0.311 e. The Morgan fingerprint density at radius 2 is 1.74 bits per heavy atom. The molecule has 3 aliphatic rings. The van der Waals surface area contributed by atoms with Gasteiger partial charge in [0.15, 0.2) is 0 Å². The van der Waals surface area contributed by atoms with Crippen LogP contribution >= 0.6 is 21.6 Å². The third kappa shape index (κ3) is 5.82. The Balaban J connectivity index is 1.15. The van der Waals surface area contributed by atoms with Gasteiger partial charge in [0.1, 0.15) is 11.5 Å². The van der Waals surface area contributed by atoms with E-state index < -0.39 is 11.1 Å². The molecule has 0 aliphatic carbocycles. The standard InChI is InChI=1S/C38H39N3O3S2/c1-26-13-15-29(16-14-26)39-40-30-17-20-35-27(23-30)25-41-34-19-18-31(43-36(42)12-8-7-11-32-21-22-45-46-32)24-33(34)37(2,3)38(41,44-35)28-9-5-4-6-10-28/h4-6,9-10,13-20,23-24,32H,7-8,11-12,21-22,25H2,1-3H3/b40-39+. The maximum atomic E-state index is 12.9. The lowest BCUT2D eigenvalue weighted by molar-refractivity contribution is -0.134. The highest BCUT2D eigenvalue weighted by atomic mass is 33.1. The van der Waals surface area contributed by atoms with Crippen molar-refractivity contribution < 1.29 is 14.3 Å². The predicted octanol–water partition coefficient (Wildman–Crippen LogP) is 10.6. The second-order valence-electron chi connectivity index (χ2n) is 12.9. The second kappa shape index (κ2) is 12.8. The third-order valence-electron chi connectivity index (χ3n) is 9.39. The van der Waals surface area contributed by atoms with Crippen LogP contribution in [-0.2, 0) is 22.5 Å². The number of benzene rings is 4. The molecule has 0 N–H and O–H groups in total. The highest BCUT2D eigenvalue weighted by molar-refractivity contribution is 8.77. The van der Waals surface area contributed by atoms with E-state index in [9.17, 15) is 4.79 Å². The van der Waals surface area contributed by atoms with Crippen LogP contribution in [0.15, 0.2) is 101 Å². The second-order valence-corrected chi connectivity index (χ2v) is 15.7. The molecule has 46 heavy (non-hydrogen) atoms. The zero-order valence-electron chi connectivity index (χ0n) is 26.6. The van der Waals surface area contributed by atoms with E-state index in [1.54, 1.807) is 0 Å². The summed E-state index contributed by atoms with van der Waals surface area (Å²) in [6, 6.07) is 30.5. The van der Waals surface area contributed by atoms with Gasteiger partial charge in [-0.25, -0.2) is 0 Å². The van der Waals surface area contributed by atoms with Crippen molar-refractivity contribution in [2.75, 3.05) is 10.7 Å². The molecule has 6 nitrogen and oxygen atoms in total. The monoisotopic (exact) mass is 649 g/mol. The number of esters is 1. The summed E-state index contributed by atoms with van der Waals surface area (Å²) in [5.74, 6) is 2.49. The molecule has 8 heteroatoms. The number of carbonyl (C=O) groups excluding carboxylic acids is 1. The van der Waals surface area contributed by atoms with Crippen molar-refractivity contribution in [2.45, 2.75) is 75.8 Å². The molecule has 0 saturated carbocycles. The molecule has 3 aliphatic heterocycles. The summed E-state index contributed by atoms with van der Waals surface area (Å²) in [5, 5.41) is 9.72. The summed E-state index contributed by atoms with van der Waals surface area (Å²) >= 11 is 0. The van der Waals surface area contributed by atoms with Crippen LogP contribution in [0.2, 0.25) is 0 Å². The number of nitrogens with zero attached hydrogens (tertiary/aromatic N) is 3. The van der Waals surface area contributed by atoms with Crippen molar-refractivity contribution in [1.82, 2.24) is 0 Å². The van der Waals surface area contributed by atoms with Crippen LogP contribution in [-0.4, -0.2) is 17.0 Å². The first-order valence-electron chi connectivity index (χ1n) is 16.1. The van der Waals surface area contributed by atoms with E-state index in [1.165, 1.54) is 24.2 Å². The van der Waals surface area contributed by atoms with Crippen molar-refractivity contribution >= 4 is 44.6 Å². The molecule has 7 rings (SSSR count). The van der Waals surface area contributed by atoms with Gasteiger partial charge < -0.3 is 14.4 Å². The van der Waals surface area contributed by atoms with Crippen LogP contribution in [0.4, 0.5) is 17.1 Å². The first kappa shape index (κ1) is 30.9. The fourth-order valence-corrected chi connectivity index (χ4v) is 9.95. The molecule has 3 heterocycles. The van der Waals surface area contributed by atoms with Gasteiger partial charge in [0.05, 0.1) is 23.3 Å². The molecule has 0 radical (unpaired) electrons. The quantitative estimate of drug-likeness (QED) is 0.0591. The maximum Gasteiger partial charge on any atom is 0.311 e. The Hall–Kier alpha value is -3.75. The molecular formula is C38H39N3O3S2. The minimum Gasteiger partial charge on any atom is -0.462 e. The van der Waals surface area contributed by atoms with Crippen molar-refractivity contribution in [3.05, 3.63) is 113 Å². The largest absolute Gasteiger partial charge is 0.462 e. The molecule has 4 aromatic rings. The first-order chi connectivity index (χ1) is 22.3. The highest BCUT2D eigenvalue weighted by Gasteiger charge is 2.62. The predicted molar refractivity (Wildman–Crippen MR) is 189 cm³/mol. The number of hydrogen-bond donors (Lipinski definition) is 0. The van der Waals surface area contributed by atoms with E-state index in [1.807, 2.05) is 76.2 Å². The molecule has 0 amide bonds. The number of hydrogen-bond acceptors (Lipinski definition) is 8. The summed E-state index contributed by atoms with van der Waals surface area (Å²) < 4.78 is 13.0. The Kier molecular flexibility index (Phi) is 8.59. The fourth-order valence-electron chi connectivity index (χ4n) is 6.92. The van der Waals surface area contributed by atoms with Gasteiger partial charge in [-0.3, -0.25) is 4.79 Å². The molecular weight excluding hydrogens is 611 g/mol. The number of aryl methyl sites for hydroxylation is 1. The Morgan fingerprint density at radius 1 is 0.957 bits per heavy atom. The van der Waals surface area contributed by atoms with Crippen molar-refractivity contribution in [3.8, 4) is 11.5 Å². The van der Waals surface area contributed by atoms with Crippen molar-refractivity contribution in [2.24, 2.45) is 10.2 Å². The molecule has 2 atom stereocenters. The van der Waals surface area contributed by atoms with Gasteiger partial charge in [-0.2, -0.15) is 10.2 Å². The highest BCUT2D eigenvalue weighted by Crippen LogP contribution is 2.60. The van der Waals surface area contributed by atoms with Gasteiger partial charge in [-0.05, 0) is 94.1 Å². The number of anilines is 1. The van der Waals surface area contributed by atoms with Crippen LogP contribution in [0, 0.1) is 6.92 Å². The average Bonchev–Trinajstić information content (AvgIpc) is 3.65. The lowest BCUT2D eigenvalue weighted by atomic mass is 9.73. The average molecular weight is 650 g/mol. The fraction of sp³-hybridized carbons (Fsp3) is 0.342. The normalized spacial score (nSPS) is 21.0. The molecule has 4 aromatic carbocycles. The molecule has 0 aromatic heterocycles. The van der Waals surface area contributed by atoms with Crippen LogP contribution in [0.3, 0.4) is 0 Å². The van der Waals surface area contributed by atoms with Gasteiger partial charge in [-0.15, -0.1) is 0 Å². The minimum absolute atomic E-state index is 0.171. The summed E-state index contributed by atoms with van der Waals surface area (Å²) in [7, 11) is 3.96. The maximum absolute atomic E-state index is 12.9. The zero-order valence-corrected chi connectivity index (χ0v) is 28.2. The van der Waals surface area contributed by atoms with Gasteiger partial charge in [0, 0.05) is 34.2 Å². The van der Waals surface area contributed by atoms with Gasteiger partial charge in [0.25, 0.3) is 0 Å². The number of unbranched alkanes of at least 4 members (excludes halogenated alkanes) is 1. The number of azo groups is 1. The van der Waals surface area contributed by atoms with E-state index in [2.05, 4.69) is 72.3 Å². The molecule has 2 unspecified atom stereocenters. The van der Waals surface area contributed by atoms with Gasteiger partial charge in [-0.1, -0.05) is 76.0 Å². The number of ether oxygens (including phenoxy) is 2. The molecule has 236 valence electrons. The summed E-state index contributed by atoms with van der Waals surface area (Å²) in [6.07, 6.45) is 4.82. The Morgan fingerprint density at radius 3 is 2.52 bits per heavy atom. The summed E-state index contributed by atoms with van der Waals surface area (Å²) in [4.78, 5) is 15.2. The van der Waals surface area contributed by atoms with E-state index in [0.717, 1.165) is 57.6 Å². The number of carbonyl (C=O) groups is 1. The van der Waals surface area contributed by atoms with Crippen LogP contribution < -0.4 is 14.4 Å². The number of fused-ring (bicyclic) bond motifs is 4.